The molecule has 0 saturated heterocycles. The number of aryl methyl sites for hydroxylation is 1. The van der Waals surface area contributed by atoms with Crippen LogP contribution in [0.4, 0.5) is 0 Å². The van der Waals surface area contributed by atoms with Crippen molar-refractivity contribution in [2.45, 2.75) is 19.4 Å². The van der Waals surface area contributed by atoms with Crippen molar-refractivity contribution in [2.75, 3.05) is 0 Å². The van der Waals surface area contributed by atoms with Gasteiger partial charge in [0.1, 0.15) is 11.5 Å². The van der Waals surface area contributed by atoms with Crippen LogP contribution in [0.5, 0.6) is 0 Å². The predicted octanol–water partition coefficient (Wildman–Crippen LogP) is 2.83. The first-order chi connectivity index (χ1) is 11.4. The van der Waals surface area contributed by atoms with E-state index in [1.165, 1.54) is 5.69 Å². The minimum atomic E-state index is 0.729. The number of nitrogens with one attached hydrogen (secondary N) is 1. The van der Waals surface area contributed by atoms with E-state index < -0.39 is 0 Å². The van der Waals surface area contributed by atoms with Crippen molar-refractivity contribution in [3.63, 3.8) is 0 Å². The summed E-state index contributed by atoms with van der Waals surface area (Å²) in [6.45, 7) is 0.952. The number of hydrogen-bond donors (Lipinski definition) is 1. The van der Waals surface area contributed by atoms with E-state index in [2.05, 4.69) is 24.6 Å². The van der Waals surface area contributed by atoms with Crippen LogP contribution in [-0.2, 0) is 13.0 Å². The fraction of sp³-hybridized carbons (Fsp3) is 0.176. The average Bonchev–Trinajstić information content (AvgIpc) is 3.28. The highest BCUT2D eigenvalue weighted by atomic mass is 15.3. The first-order valence-electron chi connectivity index (χ1n) is 7.72. The lowest BCUT2D eigenvalue weighted by atomic mass is 10.1. The number of rotatable bonds is 2. The molecule has 0 amide bonds. The molecule has 23 heavy (non-hydrogen) atoms. The van der Waals surface area contributed by atoms with Crippen molar-refractivity contribution in [2.24, 2.45) is 0 Å². The van der Waals surface area contributed by atoms with Gasteiger partial charge >= 0.3 is 0 Å². The molecule has 0 spiro atoms. The van der Waals surface area contributed by atoms with E-state index in [1.54, 1.807) is 12.4 Å². The van der Waals surface area contributed by atoms with E-state index in [1.807, 2.05) is 30.3 Å². The molecule has 5 rings (SSSR count). The average molecular weight is 302 g/mol. The maximum Gasteiger partial charge on any atom is 0.178 e. The lowest BCUT2D eigenvalue weighted by Gasteiger charge is -2.01. The van der Waals surface area contributed by atoms with Gasteiger partial charge in [0.25, 0.3) is 0 Å². The van der Waals surface area contributed by atoms with Gasteiger partial charge < -0.3 is 4.98 Å². The second-order valence-electron chi connectivity index (χ2n) is 5.67. The summed E-state index contributed by atoms with van der Waals surface area (Å²) in [5.74, 6) is 0.822. The van der Waals surface area contributed by atoms with Gasteiger partial charge in [-0.1, -0.05) is 6.07 Å². The maximum absolute atomic E-state index is 4.78. The molecule has 0 fully saturated rings. The Hall–Kier alpha value is -3.02. The summed E-state index contributed by atoms with van der Waals surface area (Å²) in [6, 6.07) is 9.78. The number of imidazole rings is 1. The van der Waals surface area contributed by atoms with Gasteiger partial charge in [-0.05, 0) is 37.1 Å². The van der Waals surface area contributed by atoms with E-state index in [9.17, 15) is 0 Å². The first-order valence-corrected chi connectivity index (χ1v) is 7.72. The van der Waals surface area contributed by atoms with Gasteiger partial charge in [-0.3, -0.25) is 9.67 Å². The van der Waals surface area contributed by atoms with Crippen molar-refractivity contribution in [3.8, 4) is 22.8 Å². The van der Waals surface area contributed by atoms with Gasteiger partial charge in [0.15, 0.2) is 5.65 Å². The minimum absolute atomic E-state index is 0.729. The van der Waals surface area contributed by atoms with Crippen molar-refractivity contribution in [1.82, 2.24) is 29.7 Å². The zero-order valence-corrected chi connectivity index (χ0v) is 12.4. The second-order valence-corrected chi connectivity index (χ2v) is 5.67. The molecule has 1 aliphatic rings. The standard InChI is InChI=1S/C17H14N6/c1-2-8-18-11(5-1)15-14(13-7-4-10-23(13)22-15)17-20-12-6-3-9-19-16(12)21-17/h1-3,5-6,8-9H,4,7,10H2,(H,19,20,21). The quantitative estimate of drug-likeness (QED) is 0.618. The van der Waals surface area contributed by atoms with Crippen LogP contribution in [0.2, 0.25) is 0 Å². The highest BCUT2D eigenvalue weighted by molar-refractivity contribution is 5.83. The molecule has 4 aromatic rings. The first kappa shape index (κ1) is 12.5. The Kier molecular flexibility index (Phi) is 2.58. The Bertz CT molecular complexity index is 966. The SMILES string of the molecule is c1ccc(-c2nn3c(c2-c2nc4ncccc4[nH]2)CCC3)nc1. The van der Waals surface area contributed by atoms with Crippen LogP contribution in [0.3, 0.4) is 0 Å². The van der Waals surface area contributed by atoms with Crippen LogP contribution in [0, 0.1) is 0 Å². The Balaban J connectivity index is 1.78. The van der Waals surface area contributed by atoms with E-state index in [0.29, 0.717) is 0 Å². The van der Waals surface area contributed by atoms with Crippen molar-refractivity contribution in [1.29, 1.82) is 0 Å². The van der Waals surface area contributed by atoms with E-state index >= 15 is 0 Å². The van der Waals surface area contributed by atoms with Crippen LogP contribution in [0.25, 0.3) is 33.9 Å². The Morgan fingerprint density at radius 1 is 1.04 bits per heavy atom. The lowest BCUT2D eigenvalue weighted by molar-refractivity contribution is 0.658. The number of hydrogen-bond acceptors (Lipinski definition) is 4. The van der Waals surface area contributed by atoms with E-state index in [4.69, 9.17) is 5.10 Å². The van der Waals surface area contributed by atoms with Gasteiger partial charge in [0.2, 0.25) is 0 Å². The topological polar surface area (TPSA) is 72.3 Å². The molecule has 1 N–H and O–H groups in total. The number of nitrogens with zero attached hydrogens (tertiary/aromatic N) is 5. The summed E-state index contributed by atoms with van der Waals surface area (Å²) in [7, 11) is 0. The third-order valence-corrected chi connectivity index (χ3v) is 4.24. The number of aromatic amines is 1. The summed E-state index contributed by atoms with van der Waals surface area (Å²) >= 11 is 0. The van der Waals surface area contributed by atoms with Crippen molar-refractivity contribution < 1.29 is 0 Å². The monoisotopic (exact) mass is 302 g/mol. The molecule has 0 radical (unpaired) electrons. The number of pyridine rings is 2. The molecule has 0 unspecified atom stereocenters. The maximum atomic E-state index is 4.78. The normalized spacial score (nSPS) is 13.6. The van der Waals surface area contributed by atoms with Crippen LogP contribution < -0.4 is 0 Å². The van der Waals surface area contributed by atoms with Crippen LogP contribution in [0.1, 0.15) is 12.1 Å². The van der Waals surface area contributed by atoms with Gasteiger partial charge in [0, 0.05) is 18.9 Å². The Labute approximate surface area is 132 Å². The van der Waals surface area contributed by atoms with Crippen LogP contribution in [0.15, 0.2) is 42.7 Å². The van der Waals surface area contributed by atoms with Gasteiger partial charge in [-0.15, -0.1) is 0 Å². The zero-order chi connectivity index (χ0) is 15.2. The molecular weight excluding hydrogens is 288 g/mol. The molecule has 1 aliphatic heterocycles. The molecule has 0 atom stereocenters. The predicted molar refractivity (Wildman–Crippen MR) is 86.7 cm³/mol. The van der Waals surface area contributed by atoms with Crippen LogP contribution >= 0.6 is 0 Å². The van der Waals surface area contributed by atoms with Gasteiger partial charge in [-0.2, -0.15) is 5.10 Å². The molecule has 5 heterocycles. The summed E-state index contributed by atoms with van der Waals surface area (Å²) in [5, 5.41) is 4.78. The smallest absolute Gasteiger partial charge is 0.178 e. The minimum Gasteiger partial charge on any atom is -0.336 e. The summed E-state index contributed by atoms with van der Waals surface area (Å²) in [6.07, 6.45) is 5.69. The fourth-order valence-corrected chi connectivity index (χ4v) is 3.23. The molecule has 6 nitrogen and oxygen atoms in total. The number of H-pyrrole nitrogens is 1. The Morgan fingerprint density at radius 3 is 2.87 bits per heavy atom. The summed E-state index contributed by atoms with van der Waals surface area (Å²) < 4.78 is 2.08. The zero-order valence-electron chi connectivity index (χ0n) is 12.4. The highest BCUT2D eigenvalue weighted by Gasteiger charge is 2.26. The molecular formula is C17H14N6. The van der Waals surface area contributed by atoms with E-state index in [0.717, 1.165) is 53.3 Å². The van der Waals surface area contributed by atoms with Crippen molar-refractivity contribution in [3.05, 3.63) is 48.4 Å². The van der Waals surface area contributed by atoms with Crippen LogP contribution in [-0.4, -0.2) is 29.7 Å². The van der Waals surface area contributed by atoms with Gasteiger partial charge in [-0.25, -0.2) is 9.97 Å². The lowest BCUT2D eigenvalue weighted by Crippen LogP contribution is -1.94. The van der Waals surface area contributed by atoms with E-state index in [-0.39, 0.29) is 0 Å². The Morgan fingerprint density at radius 2 is 2.00 bits per heavy atom. The van der Waals surface area contributed by atoms with Gasteiger partial charge in [0.05, 0.1) is 22.5 Å². The third kappa shape index (κ3) is 1.88. The molecule has 4 aromatic heterocycles. The number of aromatic nitrogens is 6. The molecule has 0 saturated carbocycles. The summed E-state index contributed by atoms with van der Waals surface area (Å²) in [5.41, 5.74) is 5.71. The fourth-order valence-electron chi connectivity index (χ4n) is 3.23. The largest absolute Gasteiger partial charge is 0.336 e. The molecule has 6 heteroatoms. The summed E-state index contributed by atoms with van der Waals surface area (Å²) in [4.78, 5) is 16.8. The molecule has 112 valence electrons. The third-order valence-electron chi connectivity index (χ3n) is 4.24. The highest BCUT2D eigenvalue weighted by Crippen LogP contribution is 2.35. The molecule has 0 aliphatic carbocycles. The molecule has 0 bridgehead atoms. The molecule has 0 aromatic carbocycles. The number of fused-ring (bicyclic) bond motifs is 2. The van der Waals surface area contributed by atoms with Crippen molar-refractivity contribution >= 4 is 11.2 Å². The second kappa shape index (κ2) is 4.74.